The van der Waals surface area contributed by atoms with Gasteiger partial charge in [0.25, 0.3) is 0 Å². The van der Waals surface area contributed by atoms with Crippen LogP contribution in [0.3, 0.4) is 0 Å². The molecule has 0 amide bonds. The number of benzene rings is 1. The lowest BCUT2D eigenvalue weighted by Gasteiger charge is -2.08. The van der Waals surface area contributed by atoms with Crippen molar-refractivity contribution in [2.24, 2.45) is 0 Å². The average Bonchev–Trinajstić information content (AvgIpc) is 2.89. The second-order valence-electron chi connectivity index (χ2n) is 5.89. The largest absolute Gasteiger partial charge is 0.385 e. The van der Waals surface area contributed by atoms with Crippen LogP contribution in [-0.4, -0.2) is 6.54 Å². The van der Waals surface area contributed by atoms with E-state index in [1.54, 1.807) is 11.1 Å². The number of rotatable bonds is 9. The number of hydrogen-bond acceptors (Lipinski definition) is 1. The van der Waals surface area contributed by atoms with Gasteiger partial charge in [0, 0.05) is 12.2 Å². The molecule has 1 aromatic rings. The smallest absolute Gasteiger partial charge is 0.0343 e. The van der Waals surface area contributed by atoms with Crippen LogP contribution in [0.15, 0.2) is 18.2 Å². The van der Waals surface area contributed by atoms with Crippen molar-refractivity contribution in [2.75, 3.05) is 11.9 Å². The average molecular weight is 259 g/mol. The maximum Gasteiger partial charge on any atom is 0.0343 e. The molecule has 1 aliphatic rings. The zero-order valence-corrected chi connectivity index (χ0v) is 12.5. The zero-order chi connectivity index (χ0) is 13.3. The lowest BCUT2D eigenvalue weighted by molar-refractivity contribution is 0.596. The fraction of sp³-hybridized carbons (Fsp3) is 0.667. The Morgan fingerprint density at radius 2 is 1.63 bits per heavy atom. The van der Waals surface area contributed by atoms with Gasteiger partial charge in [-0.1, -0.05) is 51.5 Å². The molecule has 0 saturated heterocycles. The monoisotopic (exact) mass is 259 g/mol. The second kappa shape index (κ2) is 8.24. The molecule has 0 aromatic heterocycles. The van der Waals surface area contributed by atoms with E-state index in [0.29, 0.717) is 0 Å². The Balaban J connectivity index is 1.56. The molecule has 0 atom stereocenters. The van der Waals surface area contributed by atoms with Gasteiger partial charge in [0.2, 0.25) is 0 Å². The van der Waals surface area contributed by atoms with Crippen molar-refractivity contribution >= 4 is 5.69 Å². The van der Waals surface area contributed by atoms with Gasteiger partial charge in [0.05, 0.1) is 0 Å². The van der Waals surface area contributed by atoms with Gasteiger partial charge in [-0.2, -0.15) is 0 Å². The van der Waals surface area contributed by atoms with Crippen molar-refractivity contribution in [1.82, 2.24) is 0 Å². The number of unbranched alkanes of at least 4 members (excludes halogenated alkanes) is 6. The van der Waals surface area contributed by atoms with Gasteiger partial charge in [-0.25, -0.2) is 0 Å². The van der Waals surface area contributed by atoms with Gasteiger partial charge in [0.15, 0.2) is 0 Å². The number of hydrogen-bond donors (Lipinski definition) is 1. The summed E-state index contributed by atoms with van der Waals surface area (Å²) in [6.45, 7) is 3.41. The fourth-order valence-corrected chi connectivity index (χ4v) is 3.00. The van der Waals surface area contributed by atoms with Gasteiger partial charge >= 0.3 is 0 Å². The van der Waals surface area contributed by atoms with E-state index in [4.69, 9.17) is 0 Å². The zero-order valence-electron chi connectivity index (χ0n) is 12.5. The topological polar surface area (TPSA) is 12.0 Å². The van der Waals surface area contributed by atoms with Crippen LogP contribution in [-0.2, 0) is 12.8 Å². The first-order valence-corrected chi connectivity index (χ1v) is 8.26. The lowest BCUT2D eigenvalue weighted by atomic mass is 10.1. The molecule has 0 spiro atoms. The summed E-state index contributed by atoms with van der Waals surface area (Å²) >= 11 is 0. The highest BCUT2D eigenvalue weighted by molar-refractivity contribution is 5.50. The minimum atomic E-state index is 1.13. The molecule has 1 heteroatoms. The summed E-state index contributed by atoms with van der Waals surface area (Å²) in [4.78, 5) is 0. The highest BCUT2D eigenvalue weighted by Gasteiger charge is 2.10. The summed E-state index contributed by atoms with van der Waals surface area (Å²) in [6, 6.07) is 6.93. The van der Waals surface area contributed by atoms with Gasteiger partial charge in [-0.05, 0) is 48.9 Å². The third-order valence-corrected chi connectivity index (χ3v) is 4.21. The van der Waals surface area contributed by atoms with Gasteiger partial charge in [-0.15, -0.1) is 0 Å². The summed E-state index contributed by atoms with van der Waals surface area (Å²) in [5, 5.41) is 3.58. The predicted octanol–water partition coefficient (Wildman–Crippen LogP) is 5.34. The summed E-state index contributed by atoms with van der Waals surface area (Å²) in [6.07, 6.45) is 13.6. The predicted molar refractivity (Wildman–Crippen MR) is 84.9 cm³/mol. The Morgan fingerprint density at radius 1 is 0.895 bits per heavy atom. The molecule has 0 aliphatic heterocycles. The molecule has 1 N–H and O–H groups in total. The Labute approximate surface area is 118 Å². The molecule has 106 valence electrons. The standard InChI is InChI=1S/C18H29N/c1-2-3-4-5-6-7-8-14-19-18-13-12-16-10-9-11-17(16)15-18/h12-13,15,19H,2-11,14H2,1H3. The Bertz CT molecular complexity index is 370. The van der Waals surface area contributed by atoms with Gasteiger partial charge < -0.3 is 5.32 Å². The Hall–Kier alpha value is -0.980. The summed E-state index contributed by atoms with van der Waals surface area (Å²) < 4.78 is 0. The minimum Gasteiger partial charge on any atom is -0.385 e. The van der Waals surface area contributed by atoms with Crippen LogP contribution in [0.4, 0.5) is 5.69 Å². The molecule has 2 rings (SSSR count). The number of fused-ring (bicyclic) bond motifs is 1. The lowest BCUT2D eigenvalue weighted by Crippen LogP contribution is -2.01. The molecule has 0 heterocycles. The number of aryl methyl sites for hydroxylation is 2. The van der Waals surface area contributed by atoms with Crippen LogP contribution >= 0.6 is 0 Å². The molecule has 0 fully saturated rings. The van der Waals surface area contributed by atoms with Crippen molar-refractivity contribution < 1.29 is 0 Å². The molecule has 0 unspecified atom stereocenters. The molecular formula is C18H29N. The Morgan fingerprint density at radius 3 is 2.47 bits per heavy atom. The van der Waals surface area contributed by atoms with E-state index >= 15 is 0 Å². The van der Waals surface area contributed by atoms with Crippen molar-refractivity contribution in [3.8, 4) is 0 Å². The highest BCUT2D eigenvalue weighted by atomic mass is 14.9. The number of anilines is 1. The maximum absolute atomic E-state index is 3.58. The molecule has 0 saturated carbocycles. The quantitative estimate of drug-likeness (QED) is 0.590. The third-order valence-electron chi connectivity index (χ3n) is 4.21. The van der Waals surface area contributed by atoms with Crippen LogP contribution in [0.25, 0.3) is 0 Å². The number of nitrogens with one attached hydrogen (secondary N) is 1. The van der Waals surface area contributed by atoms with Crippen LogP contribution in [0.5, 0.6) is 0 Å². The van der Waals surface area contributed by atoms with Crippen molar-refractivity contribution in [3.05, 3.63) is 29.3 Å². The minimum absolute atomic E-state index is 1.13. The molecule has 1 aliphatic carbocycles. The Kier molecular flexibility index (Phi) is 6.26. The molecule has 19 heavy (non-hydrogen) atoms. The molecule has 1 aromatic carbocycles. The molecule has 0 radical (unpaired) electrons. The normalized spacial score (nSPS) is 13.5. The summed E-state index contributed by atoms with van der Waals surface area (Å²) in [5.74, 6) is 0. The van der Waals surface area contributed by atoms with E-state index in [1.165, 1.54) is 69.9 Å². The van der Waals surface area contributed by atoms with Crippen molar-refractivity contribution in [2.45, 2.75) is 71.1 Å². The summed E-state index contributed by atoms with van der Waals surface area (Å²) in [7, 11) is 0. The maximum atomic E-state index is 3.58. The van der Waals surface area contributed by atoms with Crippen LogP contribution in [0.2, 0.25) is 0 Å². The first kappa shape index (κ1) is 14.4. The molecule has 1 nitrogen and oxygen atoms in total. The van der Waals surface area contributed by atoms with Gasteiger partial charge in [-0.3, -0.25) is 0 Å². The first-order chi connectivity index (χ1) is 9.40. The fourth-order valence-electron chi connectivity index (χ4n) is 3.00. The van der Waals surface area contributed by atoms with E-state index in [-0.39, 0.29) is 0 Å². The van der Waals surface area contributed by atoms with E-state index in [1.807, 2.05) is 0 Å². The highest BCUT2D eigenvalue weighted by Crippen LogP contribution is 2.24. The molecule has 0 bridgehead atoms. The third kappa shape index (κ3) is 4.89. The van der Waals surface area contributed by atoms with Gasteiger partial charge in [0.1, 0.15) is 0 Å². The first-order valence-electron chi connectivity index (χ1n) is 8.26. The van der Waals surface area contributed by atoms with E-state index in [9.17, 15) is 0 Å². The van der Waals surface area contributed by atoms with E-state index in [2.05, 4.69) is 30.4 Å². The van der Waals surface area contributed by atoms with Crippen molar-refractivity contribution in [1.29, 1.82) is 0 Å². The SMILES string of the molecule is CCCCCCCCCNc1ccc2c(c1)CCC2. The van der Waals surface area contributed by atoms with Crippen LogP contribution < -0.4 is 5.32 Å². The van der Waals surface area contributed by atoms with E-state index < -0.39 is 0 Å². The van der Waals surface area contributed by atoms with Crippen LogP contribution in [0, 0.1) is 0 Å². The van der Waals surface area contributed by atoms with Crippen LogP contribution in [0.1, 0.15) is 69.4 Å². The summed E-state index contributed by atoms with van der Waals surface area (Å²) in [5.41, 5.74) is 4.47. The van der Waals surface area contributed by atoms with E-state index in [0.717, 1.165) is 6.54 Å². The second-order valence-corrected chi connectivity index (χ2v) is 5.89. The van der Waals surface area contributed by atoms with Crippen molar-refractivity contribution in [3.63, 3.8) is 0 Å². The molecular weight excluding hydrogens is 230 g/mol.